The van der Waals surface area contributed by atoms with Crippen molar-refractivity contribution in [3.05, 3.63) is 29.6 Å². The van der Waals surface area contributed by atoms with E-state index in [0.717, 1.165) is 32.5 Å². The SMILES string of the molecule is COCC1CCN(CC(=O)c2ccc(OC)c(F)c2)CC1. The first-order valence-electron chi connectivity index (χ1n) is 7.22. The highest BCUT2D eigenvalue weighted by Gasteiger charge is 2.21. The van der Waals surface area contributed by atoms with E-state index >= 15 is 0 Å². The third kappa shape index (κ3) is 4.25. The third-order valence-electron chi connectivity index (χ3n) is 3.95. The van der Waals surface area contributed by atoms with Gasteiger partial charge in [0.25, 0.3) is 0 Å². The summed E-state index contributed by atoms with van der Waals surface area (Å²) in [4.78, 5) is 14.3. The third-order valence-corrected chi connectivity index (χ3v) is 3.95. The fourth-order valence-corrected chi connectivity index (χ4v) is 2.68. The second kappa shape index (κ2) is 7.52. The molecule has 1 aliphatic heterocycles. The van der Waals surface area contributed by atoms with Crippen LogP contribution in [-0.4, -0.2) is 51.1 Å². The van der Waals surface area contributed by atoms with Crippen molar-refractivity contribution in [3.63, 3.8) is 0 Å². The van der Waals surface area contributed by atoms with Gasteiger partial charge >= 0.3 is 0 Å². The molecule has 1 aliphatic rings. The van der Waals surface area contributed by atoms with Gasteiger partial charge in [-0.15, -0.1) is 0 Å². The van der Waals surface area contributed by atoms with E-state index < -0.39 is 5.82 Å². The van der Waals surface area contributed by atoms with E-state index in [0.29, 0.717) is 18.0 Å². The van der Waals surface area contributed by atoms with Crippen molar-refractivity contribution in [2.75, 3.05) is 40.5 Å². The van der Waals surface area contributed by atoms with Gasteiger partial charge in [0.2, 0.25) is 0 Å². The minimum Gasteiger partial charge on any atom is -0.494 e. The van der Waals surface area contributed by atoms with Crippen LogP contribution in [-0.2, 0) is 4.74 Å². The average molecular weight is 295 g/mol. The molecule has 0 spiro atoms. The van der Waals surface area contributed by atoms with Crippen molar-refractivity contribution in [3.8, 4) is 5.75 Å². The molecule has 0 radical (unpaired) electrons. The number of carbonyl (C=O) groups is 1. The number of methoxy groups -OCH3 is 2. The van der Waals surface area contributed by atoms with Crippen molar-refractivity contribution in [1.29, 1.82) is 0 Å². The van der Waals surface area contributed by atoms with E-state index in [2.05, 4.69) is 4.90 Å². The molecular formula is C16H22FNO3. The molecule has 0 amide bonds. The molecule has 0 unspecified atom stereocenters. The molecule has 0 N–H and O–H groups in total. The lowest BCUT2D eigenvalue weighted by Gasteiger charge is -2.31. The Morgan fingerprint density at radius 2 is 2.05 bits per heavy atom. The topological polar surface area (TPSA) is 38.8 Å². The Bertz CT molecular complexity index is 484. The molecule has 1 saturated heterocycles. The van der Waals surface area contributed by atoms with Crippen molar-refractivity contribution >= 4 is 5.78 Å². The number of rotatable bonds is 6. The van der Waals surface area contributed by atoms with E-state index in [9.17, 15) is 9.18 Å². The number of benzene rings is 1. The molecule has 0 bridgehead atoms. The van der Waals surface area contributed by atoms with Crippen LogP contribution in [0.2, 0.25) is 0 Å². The molecule has 1 aromatic carbocycles. The van der Waals surface area contributed by atoms with Gasteiger partial charge in [-0.2, -0.15) is 0 Å². The van der Waals surface area contributed by atoms with Crippen molar-refractivity contribution in [1.82, 2.24) is 4.90 Å². The van der Waals surface area contributed by atoms with Gasteiger partial charge in [0, 0.05) is 19.3 Å². The van der Waals surface area contributed by atoms with Crippen LogP contribution in [0.5, 0.6) is 5.75 Å². The number of hydrogen-bond donors (Lipinski definition) is 0. The summed E-state index contributed by atoms with van der Waals surface area (Å²) in [6.07, 6.45) is 2.08. The number of halogens is 1. The van der Waals surface area contributed by atoms with E-state index in [1.807, 2.05) is 0 Å². The summed E-state index contributed by atoms with van der Waals surface area (Å²) in [5.74, 6) is 0.190. The zero-order chi connectivity index (χ0) is 15.2. The Morgan fingerprint density at radius 3 is 2.62 bits per heavy atom. The molecule has 5 heteroatoms. The molecule has 1 heterocycles. The first kappa shape index (κ1) is 15.9. The lowest BCUT2D eigenvalue weighted by Crippen LogP contribution is -2.38. The number of carbonyl (C=O) groups excluding carboxylic acids is 1. The van der Waals surface area contributed by atoms with E-state index in [1.54, 1.807) is 13.2 Å². The number of hydrogen-bond acceptors (Lipinski definition) is 4. The van der Waals surface area contributed by atoms with Crippen LogP contribution in [0.4, 0.5) is 4.39 Å². The predicted molar refractivity (Wildman–Crippen MR) is 78.3 cm³/mol. The number of nitrogens with zero attached hydrogens (tertiary/aromatic N) is 1. The summed E-state index contributed by atoms with van der Waals surface area (Å²) in [5, 5.41) is 0. The minimum atomic E-state index is -0.498. The summed E-state index contributed by atoms with van der Waals surface area (Å²) >= 11 is 0. The van der Waals surface area contributed by atoms with E-state index in [4.69, 9.17) is 9.47 Å². The zero-order valence-corrected chi connectivity index (χ0v) is 12.6. The Hall–Kier alpha value is -1.46. The number of likely N-dealkylation sites (tertiary alicyclic amines) is 1. The second-order valence-electron chi connectivity index (χ2n) is 5.45. The van der Waals surface area contributed by atoms with Crippen LogP contribution < -0.4 is 4.74 Å². The highest BCUT2D eigenvalue weighted by Crippen LogP contribution is 2.20. The van der Waals surface area contributed by atoms with Crippen LogP contribution in [0.3, 0.4) is 0 Å². The molecule has 0 aromatic heterocycles. The van der Waals surface area contributed by atoms with Crippen LogP contribution >= 0.6 is 0 Å². The Labute approximate surface area is 124 Å². The number of Topliss-reactive ketones (excluding diaryl/α,β-unsaturated/α-hetero) is 1. The van der Waals surface area contributed by atoms with Crippen LogP contribution in [0.15, 0.2) is 18.2 Å². The lowest BCUT2D eigenvalue weighted by atomic mass is 9.97. The molecule has 1 aromatic rings. The van der Waals surface area contributed by atoms with Crippen LogP contribution in [0.1, 0.15) is 23.2 Å². The maximum atomic E-state index is 13.6. The van der Waals surface area contributed by atoms with Crippen molar-refractivity contribution in [2.24, 2.45) is 5.92 Å². The van der Waals surface area contributed by atoms with Gasteiger partial charge in [0.05, 0.1) is 13.7 Å². The molecule has 21 heavy (non-hydrogen) atoms. The summed E-state index contributed by atoms with van der Waals surface area (Å²) in [6.45, 7) is 2.90. The van der Waals surface area contributed by atoms with E-state index in [-0.39, 0.29) is 11.5 Å². The molecule has 0 saturated carbocycles. The second-order valence-corrected chi connectivity index (χ2v) is 5.45. The van der Waals surface area contributed by atoms with Gasteiger partial charge in [-0.25, -0.2) is 4.39 Å². The van der Waals surface area contributed by atoms with Gasteiger partial charge in [-0.3, -0.25) is 9.69 Å². The van der Waals surface area contributed by atoms with Crippen molar-refractivity contribution in [2.45, 2.75) is 12.8 Å². The monoisotopic (exact) mass is 295 g/mol. The maximum absolute atomic E-state index is 13.6. The molecule has 1 fully saturated rings. The Kier molecular flexibility index (Phi) is 5.70. The quantitative estimate of drug-likeness (QED) is 0.755. The Balaban J connectivity index is 1.89. The number of ketones is 1. The molecule has 4 nitrogen and oxygen atoms in total. The smallest absolute Gasteiger partial charge is 0.176 e. The molecule has 2 rings (SSSR count). The van der Waals surface area contributed by atoms with Crippen LogP contribution in [0, 0.1) is 11.7 Å². The van der Waals surface area contributed by atoms with Crippen LogP contribution in [0.25, 0.3) is 0 Å². The van der Waals surface area contributed by atoms with Gasteiger partial charge in [-0.1, -0.05) is 0 Å². The zero-order valence-electron chi connectivity index (χ0n) is 12.6. The normalized spacial score (nSPS) is 16.9. The highest BCUT2D eigenvalue weighted by atomic mass is 19.1. The molecule has 0 aliphatic carbocycles. The first-order valence-corrected chi connectivity index (χ1v) is 7.22. The standard InChI is InChI=1S/C16H22FNO3/c1-20-11-12-5-7-18(8-6-12)10-15(19)13-3-4-16(21-2)14(17)9-13/h3-4,9,12H,5-8,10-11H2,1-2H3. The predicted octanol–water partition coefficient (Wildman–Crippen LogP) is 2.38. The fourth-order valence-electron chi connectivity index (χ4n) is 2.68. The van der Waals surface area contributed by atoms with Gasteiger partial charge in [-0.05, 0) is 50.0 Å². The van der Waals surface area contributed by atoms with Gasteiger partial charge in [0.15, 0.2) is 17.3 Å². The van der Waals surface area contributed by atoms with Gasteiger partial charge < -0.3 is 9.47 Å². The van der Waals surface area contributed by atoms with E-state index in [1.165, 1.54) is 19.2 Å². The Morgan fingerprint density at radius 1 is 1.33 bits per heavy atom. The molecule has 116 valence electrons. The number of ether oxygens (including phenoxy) is 2. The summed E-state index contributed by atoms with van der Waals surface area (Å²) < 4.78 is 23.6. The minimum absolute atomic E-state index is 0.0539. The average Bonchev–Trinajstić information content (AvgIpc) is 2.49. The first-order chi connectivity index (χ1) is 10.1. The lowest BCUT2D eigenvalue weighted by molar-refractivity contribution is 0.0809. The molecular weight excluding hydrogens is 273 g/mol. The fraction of sp³-hybridized carbons (Fsp3) is 0.562. The maximum Gasteiger partial charge on any atom is 0.176 e. The molecule has 0 atom stereocenters. The summed E-state index contributed by atoms with van der Waals surface area (Å²) in [6, 6.07) is 4.36. The largest absolute Gasteiger partial charge is 0.494 e. The summed E-state index contributed by atoms with van der Waals surface area (Å²) in [7, 11) is 3.12. The number of piperidine rings is 1. The van der Waals surface area contributed by atoms with Crippen molar-refractivity contribution < 1.29 is 18.7 Å². The van der Waals surface area contributed by atoms with Gasteiger partial charge in [0.1, 0.15) is 0 Å². The highest BCUT2D eigenvalue weighted by molar-refractivity contribution is 5.97. The summed E-state index contributed by atoms with van der Waals surface area (Å²) in [5.41, 5.74) is 0.396.